The lowest BCUT2D eigenvalue weighted by Crippen LogP contribution is -2.14. The third-order valence-corrected chi connectivity index (χ3v) is 6.75. The van der Waals surface area contributed by atoms with Crippen molar-refractivity contribution < 1.29 is 4.79 Å². The van der Waals surface area contributed by atoms with Gasteiger partial charge < -0.3 is 10.6 Å². The van der Waals surface area contributed by atoms with E-state index < -0.39 is 0 Å². The molecule has 3 rings (SSSR count). The average Bonchev–Trinajstić information content (AvgIpc) is 3.27. The number of amides is 1. The highest BCUT2D eigenvalue weighted by Crippen LogP contribution is 2.26. The Bertz CT molecular complexity index is 822. The standard InChI is InChI=1S/C16H15BrN4OS3/c17-12-5-1-2-6-13(12)19-14(22)10-24-16-21-20-15(25-16)18-8-7-11-4-3-9-23-11/h1-6,9H,7-8,10H2,(H,18,20)(H,19,22). The van der Waals surface area contributed by atoms with Gasteiger partial charge >= 0.3 is 0 Å². The maximum Gasteiger partial charge on any atom is 0.234 e. The van der Waals surface area contributed by atoms with Gasteiger partial charge in [-0.3, -0.25) is 4.79 Å². The average molecular weight is 455 g/mol. The molecule has 0 unspecified atom stereocenters. The Balaban J connectivity index is 1.42. The predicted molar refractivity (Wildman–Crippen MR) is 110 cm³/mol. The Kier molecular flexibility index (Phi) is 6.85. The second-order valence-corrected chi connectivity index (χ2v) is 9.03. The molecular weight excluding hydrogens is 440 g/mol. The van der Waals surface area contributed by atoms with Crippen molar-refractivity contribution in [2.24, 2.45) is 0 Å². The summed E-state index contributed by atoms with van der Waals surface area (Å²) in [6, 6.07) is 11.7. The van der Waals surface area contributed by atoms with E-state index in [1.165, 1.54) is 28.0 Å². The number of hydrogen-bond acceptors (Lipinski definition) is 7. The van der Waals surface area contributed by atoms with Gasteiger partial charge in [-0.25, -0.2) is 0 Å². The maximum absolute atomic E-state index is 12.0. The smallest absolute Gasteiger partial charge is 0.234 e. The van der Waals surface area contributed by atoms with Gasteiger partial charge in [0.15, 0.2) is 4.34 Å². The van der Waals surface area contributed by atoms with E-state index in [-0.39, 0.29) is 5.91 Å². The van der Waals surface area contributed by atoms with Crippen LogP contribution in [0.1, 0.15) is 4.88 Å². The van der Waals surface area contributed by atoms with E-state index >= 15 is 0 Å². The van der Waals surface area contributed by atoms with Gasteiger partial charge in [-0.2, -0.15) is 0 Å². The molecule has 130 valence electrons. The van der Waals surface area contributed by atoms with E-state index in [0.717, 1.165) is 32.6 Å². The molecule has 9 heteroatoms. The molecule has 0 radical (unpaired) electrons. The summed E-state index contributed by atoms with van der Waals surface area (Å²) in [5.74, 6) is 0.227. The summed E-state index contributed by atoms with van der Waals surface area (Å²) >= 11 is 8.02. The number of benzene rings is 1. The number of hydrogen-bond donors (Lipinski definition) is 2. The number of para-hydroxylation sites is 1. The van der Waals surface area contributed by atoms with Crippen LogP contribution in [-0.2, 0) is 11.2 Å². The van der Waals surface area contributed by atoms with Crippen LogP contribution in [0.3, 0.4) is 0 Å². The molecule has 2 aromatic heterocycles. The van der Waals surface area contributed by atoms with Crippen LogP contribution in [0, 0.1) is 0 Å². The summed E-state index contributed by atoms with van der Waals surface area (Å²) < 4.78 is 1.64. The molecule has 25 heavy (non-hydrogen) atoms. The molecule has 0 atom stereocenters. The van der Waals surface area contributed by atoms with E-state index in [0.29, 0.717) is 5.75 Å². The highest BCUT2D eigenvalue weighted by atomic mass is 79.9. The number of halogens is 1. The van der Waals surface area contributed by atoms with E-state index in [1.807, 2.05) is 24.3 Å². The molecule has 0 saturated heterocycles. The second-order valence-electron chi connectivity index (χ2n) is 4.95. The summed E-state index contributed by atoms with van der Waals surface area (Å²) in [5, 5.41) is 17.2. The third-order valence-electron chi connectivity index (χ3n) is 3.11. The summed E-state index contributed by atoms with van der Waals surface area (Å²) in [5.41, 5.74) is 0.765. The zero-order valence-corrected chi connectivity index (χ0v) is 17.1. The zero-order chi connectivity index (χ0) is 17.5. The highest BCUT2D eigenvalue weighted by Gasteiger charge is 2.09. The summed E-state index contributed by atoms with van der Waals surface area (Å²) in [7, 11) is 0. The first-order valence-corrected chi connectivity index (χ1v) is 10.9. The molecule has 0 aliphatic heterocycles. The fraction of sp³-hybridized carbons (Fsp3) is 0.188. The maximum atomic E-state index is 12.0. The molecule has 0 bridgehead atoms. The first-order chi connectivity index (χ1) is 12.2. The van der Waals surface area contributed by atoms with Crippen LogP contribution in [-0.4, -0.2) is 28.4 Å². The minimum atomic E-state index is -0.0701. The van der Waals surface area contributed by atoms with Crippen LogP contribution < -0.4 is 10.6 Å². The van der Waals surface area contributed by atoms with Crippen molar-refractivity contribution in [2.75, 3.05) is 22.9 Å². The first-order valence-electron chi connectivity index (χ1n) is 7.47. The largest absolute Gasteiger partial charge is 0.360 e. The van der Waals surface area contributed by atoms with Gasteiger partial charge in [-0.05, 0) is 45.9 Å². The van der Waals surface area contributed by atoms with Gasteiger partial charge in [-0.1, -0.05) is 41.3 Å². The summed E-state index contributed by atoms with van der Waals surface area (Å²) in [4.78, 5) is 13.4. The van der Waals surface area contributed by atoms with Gasteiger partial charge in [0, 0.05) is 15.9 Å². The van der Waals surface area contributed by atoms with Crippen LogP contribution in [0.25, 0.3) is 0 Å². The lowest BCUT2D eigenvalue weighted by Gasteiger charge is -2.05. The molecule has 5 nitrogen and oxygen atoms in total. The lowest BCUT2D eigenvalue weighted by atomic mass is 10.3. The summed E-state index contributed by atoms with van der Waals surface area (Å²) in [6.45, 7) is 0.822. The fourth-order valence-electron chi connectivity index (χ4n) is 1.96. The number of carbonyl (C=O) groups is 1. The van der Waals surface area contributed by atoms with Crippen LogP contribution >= 0.6 is 50.4 Å². The fourth-order valence-corrected chi connectivity index (χ4v) is 4.63. The zero-order valence-electron chi connectivity index (χ0n) is 13.1. The monoisotopic (exact) mass is 454 g/mol. The SMILES string of the molecule is O=C(CSc1nnc(NCCc2cccs2)s1)Nc1ccccc1Br. The van der Waals surface area contributed by atoms with Gasteiger partial charge in [0.05, 0.1) is 11.4 Å². The number of aromatic nitrogens is 2. The Labute approximate surface area is 166 Å². The van der Waals surface area contributed by atoms with Crippen molar-refractivity contribution in [3.8, 4) is 0 Å². The predicted octanol–water partition coefficient (Wildman–Crippen LogP) is 4.75. The Hall–Kier alpha value is -1.42. The Morgan fingerprint density at radius 2 is 2.08 bits per heavy atom. The third kappa shape index (κ3) is 5.81. The quantitative estimate of drug-likeness (QED) is 0.480. The number of thiophene rings is 1. The van der Waals surface area contributed by atoms with Crippen molar-refractivity contribution in [3.05, 3.63) is 51.1 Å². The van der Waals surface area contributed by atoms with Crippen LogP contribution in [0.5, 0.6) is 0 Å². The van der Waals surface area contributed by atoms with Gasteiger partial charge in [0.25, 0.3) is 0 Å². The number of anilines is 2. The lowest BCUT2D eigenvalue weighted by molar-refractivity contribution is -0.113. The van der Waals surface area contributed by atoms with Crippen LogP contribution in [0.4, 0.5) is 10.8 Å². The molecule has 0 aliphatic carbocycles. The topological polar surface area (TPSA) is 66.9 Å². The number of rotatable bonds is 8. The Morgan fingerprint density at radius 3 is 2.88 bits per heavy atom. The number of nitrogens with one attached hydrogen (secondary N) is 2. The first kappa shape index (κ1) is 18.4. The minimum absolute atomic E-state index is 0.0701. The highest BCUT2D eigenvalue weighted by molar-refractivity contribution is 9.10. The van der Waals surface area contributed by atoms with Crippen molar-refractivity contribution in [1.29, 1.82) is 0 Å². The van der Waals surface area contributed by atoms with E-state index in [9.17, 15) is 4.79 Å². The van der Waals surface area contributed by atoms with Crippen LogP contribution in [0.2, 0.25) is 0 Å². The van der Waals surface area contributed by atoms with Crippen LogP contribution in [0.15, 0.2) is 50.6 Å². The molecule has 1 amide bonds. The molecule has 2 heterocycles. The van der Waals surface area contributed by atoms with E-state index in [2.05, 4.69) is 54.3 Å². The summed E-state index contributed by atoms with van der Waals surface area (Å²) in [6.07, 6.45) is 0.966. The molecule has 1 aromatic carbocycles. The van der Waals surface area contributed by atoms with Crippen molar-refractivity contribution in [1.82, 2.24) is 10.2 Å². The molecule has 0 spiro atoms. The normalized spacial score (nSPS) is 10.6. The number of nitrogens with zero attached hydrogens (tertiary/aromatic N) is 2. The molecule has 3 aromatic rings. The molecular formula is C16H15BrN4OS3. The van der Waals surface area contributed by atoms with E-state index in [1.54, 1.807) is 11.3 Å². The molecule has 0 fully saturated rings. The Morgan fingerprint density at radius 1 is 1.20 bits per heavy atom. The number of thioether (sulfide) groups is 1. The van der Waals surface area contributed by atoms with Crippen molar-refractivity contribution in [3.63, 3.8) is 0 Å². The van der Waals surface area contributed by atoms with Gasteiger partial charge in [0.2, 0.25) is 11.0 Å². The van der Waals surface area contributed by atoms with Crippen molar-refractivity contribution >= 4 is 67.1 Å². The molecule has 0 aliphatic rings. The second kappa shape index (κ2) is 9.33. The molecule has 0 saturated carbocycles. The van der Waals surface area contributed by atoms with Crippen molar-refractivity contribution in [2.45, 2.75) is 10.8 Å². The minimum Gasteiger partial charge on any atom is -0.360 e. The van der Waals surface area contributed by atoms with Gasteiger partial charge in [0.1, 0.15) is 0 Å². The van der Waals surface area contributed by atoms with Gasteiger partial charge in [-0.15, -0.1) is 21.5 Å². The number of carbonyl (C=O) groups excluding carboxylic acids is 1. The molecule has 2 N–H and O–H groups in total. The van der Waals surface area contributed by atoms with E-state index in [4.69, 9.17) is 0 Å².